The van der Waals surface area contributed by atoms with Crippen molar-refractivity contribution in [2.45, 2.75) is 19.5 Å². The summed E-state index contributed by atoms with van der Waals surface area (Å²) in [6, 6.07) is 17.5. The Morgan fingerprint density at radius 2 is 1.74 bits per heavy atom. The molecule has 3 aromatic carbocycles. The van der Waals surface area contributed by atoms with Crippen LogP contribution in [0.1, 0.15) is 27.0 Å². The molecule has 0 radical (unpaired) electrons. The van der Waals surface area contributed by atoms with Crippen LogP contribution in [0.25, 0.3) is 22.3 Å². The lowest BCUT2D eigenvalue weighted by atomic mass is 9.98. The van der Waals surface area contributed by atoms with Crippen molar-refractivity contribution < 1.29 is 28.5 Å². The summed E-state index contributed by atoms with van der Waals surface area (Å²) in [5.41, 5.74) is 5.63. The standard InChI is InChI=1S/C30H32N2O6/c1-35-25-8-7-22(17-32-11-9-19-14-27(36-2)28(37-3)15-23(19)18-32)24-16-26(38-29(24)25)20-5-4-6-21(13-20)30(34)31-10-12-33/h4-8,13-16,33H,9-12,17-18H2,1-3H3,(H,31,34). The molecule has 5 rings (SSSR count). The Kier molecular flexibility index (Phi) is 7.53. The lowest BCUT2D eigenvalue weighted by molar-refractivity contribution is 0.0945. The van der Waals surface area contributed by atoms with Crippen LogP contribution in [-0.2, 0) is 19.5 Å². The van der Waals surface area contributed by atoms with Crippen molar-refractivity contribution in [2.24, 2.45) is 0 Å². The lowest BCUT2D eigenvalue weighted by Gasteiger charge is -2.29. The summed E-state index contributed by atoms with van der Waals surface area (Å²) in [4.78, 5) is 14.8. The predicted molar refractivity (Wildman–Crippen MR) is 145 cm³/mol. The number of furan rings is 1. The summed E-state index contributed by atoms with van der Waals surface area (Å²) < 4.78 is 22.9. The highest BCUT2D eigenvalue weighted by molar-refractivity contribution is 5.96. The molecule has 0 aliphatic carbocycles. The van der Waals surface area contributed by atoms with Crippen molar-refractivity contribution in [1.82, 2.24) is 10.2 Å². The summed E-state index contributed by atoms with van der Waals surface area (Å²) in [5, 5.41) is 12.7. The first-order valence-electron chi connectivity index (χ1n) is 12.6. The zero-order valence-electron chi connectivity index (χ0n) is 21.9. The molecule has 1 amide bonds. The van der Waals surface area contributed by atoms with Crippen LogP contribution in [-0.4, -0.2) is 56.9 Å². The molecule has 38 heavy (non-hydrogen) atoms. The van der Waals surface area contributed by atoms with Gasteiger partial charge in [-0.2, -0.15) is 0 Å². The topological polar surface area (TPSA) is 93.4 Å². The fourth-order valence-electron chi connectivity index (χ4n) is 5.00. The van der Waals surface area contributed by atoms with E-state index in [1.807, 2.05) is 24.3 Å². The third-order valence-corrected chi connectivity index (χ3v) is 6.96. The number of aliphatic hydroxyl groups is 1. The largest absolute Gasteiger partial charge is 0.493 e. The zero-order valence-corrected chi connectivity index (χ0v) is 21.9. The number of carbonyl (C=O) groups is 1. The fraction of sp³-hybridized carbons (Fsp3) is 0.300. The molecule has 198 valence electrons. The van der Waals surface area contributed by atoms with E-state index in [-0.39, 0.29) is 19.1 Å². The predicted octanol–water partition coefficient (Wildman–Crippen LogP) is 4.41. The first kappa shape index (κ1) is 25.6. The molecule has 1 aliphatic heterocycles. The molecular weight excluding hydrogens is 484 g/mol. The van der Waals surface area contributed by atoms with Gasteiger partial charge in [0.05, 0.1) is 27.9 Å². The number of hydrogen-bond acceptors (Lipinski definition) is 7. The Morgan fingerprint density at radius 3 is 2.47 bits per heavy atom. The second kappa shape index (κ2) is 11.2. The van der Waals surface area contributed by atoms with Gasteiger partial charge in [0.2, 0.25) is 0 Å². The number of nitrogens with one attached hydrogen (secondary N) is 1. The number of amides is 1. The van der Waals surface area contributed by atoms with Crippen LogP contribution in [0.2, 0.25) is 0 Å². The highest BCUT2D eigenvalue weighted by Crippen LogP contribution is 2.38. The molecule has 0 bridgehead atoms. The number of ether oxygens (including phenoxy) is 3. The minimum Gasteiger partial charge on any atom is -0.493 e. The number of rotatable bonds is 9. The maximum atomic E-state index is 12.4. The van der Waals surface area contributed by atoms with Crippen molar-refractivity contribution >= 4 is 16.9 Å². The van der Waals surface area contributed by atoms with Gasteiger partial charge in [-0.05, 0) is 59.5 Å². The number of fused-ring (bicyclic) bond motifs is 2. The monoisotopic (exact) mass is 516 g/mol. The quantitative estimate of drug-likeness (QED) is 0.341. The van der Waals surface area contributed by atoms with E-state index in [1.54, 1.807) is 33.5 Å². The van der Waals surface area contributed by atoms with E-state index >= 15 is 0 Å². The van der Waals surface area contributed by atoms with Gasteiger partial charge in [-0.1, -0.05) is 18.2 Å². The molecule has 0 atom stereocenters. The van der Waals surface area contributed by atoms with E-state index in [0.717, 1.165) is 54.1 Å². The van der Waals surface area contributed by atoms with E-state index in [0.29, 0.717) is 22.7 Å². The Morgan fingerprint density at radius 1 is 0.974 bits per heavy atom. The summed E-state index contributed by atoms with van der Waals surface area (Å²) in [5.74, 6) is 2.58. The summed E-state index contributed by atoms with van der Waals surface area (Å²) in [7, 11) is 4.95. The molecule has 0 unspecified atom stereocenters. The zero-order chi connectivity index (χ0) is 26.6. The van der Waals surface area contributed by atoms with Crippen molar-refractivity contribution in [3.05, 3.63) is 76.9 Å². The number of methoxy groups -OCH3 is 3. The van der Waals surface area contributed by atoms with Crippen molar-refractivity contribution in [3.8, 4) is 28.6 Å². The molecule has 0 spiro atoms. The van der Waals surface area contributed by atoms with Crippen LogP contribution in [0.5, 0.6) is 17.2 Å². The average Bonchev–Trinajstić information content (AvgIpc) is 3.41. The van der Waals surface area contributed by atoms with Gasteiger partial charge >= 0.3 is 0 Å². The number of aliphatic hydroxyl groups excluding tert-OH is 1. The molecule has 2 N–H and O–H groups in total. The number of benzene rings is 3. The Bertz CT molecular complexity index is 1460. The van der Waals surface area contributed by atoms with Crippen LogP contribution >= 0.6 is 0 Å². The fourth-order valence-corrected chi connectivity index (χ4v) is 5.00. The van der Waals surface area contributed by atoms with Crippen LogP contribution in [0, 0.1) is 0 Å². The normalized spacial score (nSPS) is 13.3. The van der Waals surface area contributed by atoms with Gasteiger partial charge in [-0.3, -0.25) is 9.69 Å². The molecular formula is C30H32N2O6. The van der Waals surface area contributed by atoms with E-state index in [1.165, 1.54) is 11.1 Å². The Balaban J connectivity index is 1.44. The second-order valence-corrected chi connectivity index (χ2v) is 9.28. The molecule has 2 heterocycles. The Hall–Kier alpha value is -4.01. The maximum Gasteiger partial charge on any atom is 0.251 e. The molecule has 1 aromatic heterocycles. The highest BCUT2D eigenvalue weighted by Gasteiger charge is 2.22. The molecule has 0 saturated carbocycles. The minimum atomic E-state index is -0.241. The molecule has 4 aromatic rings. The van der Waals surface area contributed by atoms with Gasteiger partial charge in [0.15, 0.2) is 22.8 Å². The van der Waals surface area contributed by atoms with Gasteiger partial charge in [-0.15, -0.1) is 0 Å². The van der Waals surface area contributed by atoms with Crippen LogP contribution in [0.3, 0.4) is 0 Å². The van der Waals surface area contributed by atoms with Crippen LogP contribution in [0.4, 0.5) is 0 Å². The van der Waals surface area contributed by atoms with E-state index in [9.17, 15) is 4.79 Å². The molecule has 1 aliphatic rings. The summed E-state index contributed by atoms with van der Waals surface area (Å²) >= 11 is 0. The number of hydrogen-bond donors (Lipinski definition) is 2. The highest BCUT2D eigenvalue weighted by atomic mass is 16.5. The number of carbonyl (C=O) groups excluding carboxylic acids is 1. The molecule has 8 nitrogen and oxygen atoms in total. The minimum absolute atomic E-state index is 0.109. The van der Waals surface area contributed by atoms with Gasteiger partial charge in [0.25, 0.3) is 5.91 Å². The van der Waals surface area contributed by atoms with Crippen molar-refractivity contribution in [1.29, 1.82) is 0 Å². The Labute approximate surface area is 221 Å². The average molecular weight is 517 g/mol. The smallest absolute Gasteiger partial charge is 0.251 e. The third-order valence-electron chi connectivity index (χ3n) is 6.96. The van der Waals surface area contributed by atoms with E-state index in [4.69, 9.17) is 23.7 Å². The van der Waals surface area contributed by atoms with Gasteiger partial charge in [0, 0.05) is 42.7 Å². The van der Waals surface area contributed by atoms with Crippen LogP contribution in [0.15, 0.2) is 59.0 Å². The van der Waals surface area contributed by atoms with Crippen molar-refractivity contribution in [2.75, 3.05) is 41.0 Å². The first-order chi connectivity index (χ1) is 18.5. The van der Waals surface area contributed by atoms with Gasteiger partial charge in [0.1, 0.15) is 5.76 Å². The van der Waals surface area contributed by atoms with E-state index in [2.05, 4.69) is 28.4 Å². The van der Waals surface area contributed by atoms with Gasteiger partial charge in [-0.25, -0.2) is 0 Å². The number of nitrogens with zero attached hydrogens (tertiary/aromatic N) is 1. The van der Waals surface area contributed by atoms with Crippen LogP contribution < -0.4 is 19.5 Å². The first-order valence-corrected chi connectivity index (χ1v) is 12.6. The SMILES string of the molecule is COc1cc2c(cc1OC)CN(Cc1ccc(OC)c3oc(-c4cccc(C(=O)NCCO)c4)cc13)CC2. The molecule has 8 heteroatoms. The van der Waals surface area contributed by atoms with Gasteiger partial charge < -0.3 is 29.1 Å². The molecule has 0 fully saturated rings. The third kappa shape index (κ3) is 5.05. The van der Waals surface area contributed by atoms with E-state index < -0.39 is 0 Å². The maximum absolute atomic E-state index is 12.4. The van der Waals surface area contributed by atoms with Crippen molar-refractivity contribution in [3.63, 3.8) is 0 Å². The second-order valence-electron chi connectivity index (χ2n) is 9.28. The summed E-state index contributed by atoms with van der Waals surface area (Å²) in [6.07, 6.45) is 0.927. The lowest BCUT2D eigenvalue weighted by Crippen LogP contribution is -2.30. The molecule has 0 saturated heterocycles. The summed E-state index contributed by atoms with van der Waals surface area (Å²) in [6.45, 7) is 2.57.